The highest BCUT2D eigenvalue weighted by Gasteiger charge is 2.15. The average Bonchev–Trinajstić information content (AvgIpc) is 2.38. The first kappa shape index (κ1) is 15.6. The molecule has 1 rings (SSSR count). The van der Waals surface area contributed by atoms with Crippen LogP contribution < -0.4 is 16.2 Å². The molecule has 19 heavy (non-hydrogen) atoms. The smallest absolute Gasteiger partial charge is 0.283 e. The summed E-state index contributed by atoms with van der Waals surface area (Å²) in [6.45, 7) is 4.03. The number of carbonyl (C=O) groups is 1. The van der Waals surface area contributed by atoms with Gasteiger partial charge in [0.05, 0.1) is 25.0 Å². The van der Waals surface area contributed by atoms with Crippen LogP contribution in [0.1, 0.15) is 13.8 Å². The molecule has 0 aromatic carbocycles. The number of halogens is 1. The Bertz CT molecular complexity index is 503. The SMILES string of the molecule is CCNC(=O)C(C)Nc1cnn(CCO)c(=O)c1Br. The molecule has 0 saturated heterocycles. The quantitative estimate of drug-likeness (QED) is 0.678. The van der Waals surface area contributed by atoms with Crippen molar-refractivity contribution in [1.82, 2.24) is 15.1 Å². The first-order valence-electron chi connectivity index (χ1n) is 5.92. The van der Waals surface area contributed by atoms with E-state index in [0.29, 0.717) is 12.2 Å². The number of aliphatic hydroxyl groups is 1. The van der Waals surface area contributed by atoms with Gasteiger partial charge in [0.2, 0.25) is 5.91 Å². The second-order valence-corrected chi connectivity index (χ2v) is 4.68. The van der Waals surface area contributed by atoms with Crippen LogP contribution in [0.5, 0.6) is 0 Å². The Labute approximate surface area is 119 Å². The van der Waals surface area contributed by atoms with Gasteiger partial charge < -0.3 is 15.7 Å². The molecule has 0 aliphatic heterocycles. The molecule has 0 aliphatic rings. The number of hydrogen-bond acceptors (Lipinski definition) is 5. The van der Waals surface area contributed by atoms with E-state index in [1.165, 1.54) is 6.20 Å². The summed E-state index contributed by atoms with van der Waals surface area (Å²) in [5, 5.41) is 18.3. The van der Waals surface area contributed by atoms with Crippen LogP contribution in [0.25, 0.3) is 0 Å². The summed E-state index contributed by atoms with van der Waals surface area (Å²) in [5.41, 5.74) is 0.0834. The monoisotopic (exact) mass is 332 g/mol. The van der Waals surface area contributed by atoms with Gasteiger partial charge in [0.1, 0.15) is 10.5 Å². The zero-order valence-electron chi connectivity index (χ0n) is 10.8. The maximum absolute atomic E-state index is 11.9. The molecule has 1 aromatic heterocycles. The first-order valence-corrected chi connectivity index (χ1v) is 6.71. The largest absolute Gasteiger partial charge is 0.394 e. The molecule has 3 N–H and O–H groups in total. The van der Waals surface area contributed by atoms with E-state index in [-0.39, 0.29) is 29.1 Å². The van der Waals surface area contributed by atoms with Crippen molar-refractivity contribution in [3.05, 3.63) is 21.0 Å². The normalized spacial score (nSPS) is 12.0. The van der Waals surface area contributed by atoms with Crippen LogP contribution in [0, 0.1) is 0 Å². The van der Waals surface area contributed by atoms with Crippen LogP contribution in [-0.4, -0.2) is 40.0 Å². The summed E-state index contributed by atoms with van der Waals surface area (Å²) >= 11 is 3.17. The number of likely N-dealkylation sites (N-methyl/N-ethyl adjacent to an activating group) is 1. The van der Waals surface area contributed by atoms with Gasteiger partial charge in [-0.2, -0.15) is 5.10 Å². The molecule has 0 aliphatic carbocycles. The molecule has 0 fully saturated rings. The molecule has 1 unspecified atom stereocenters. The van der Waals surface area contributed by atoms with Crippen LogP contribution in [0.3, 0.4) is 0 Å². The molecule has 0 saturated carbocycles. The molecule has 8 heteroatoms. The molecule has 1 heterocycles. The maximum atomic E-state index is 11.9. The number of hydrogen-bond donors (Lipinski definition) is 3. The van der Waals surface area contributed by atoms with Gasteiger partial charge in [-0.05, 0) is 29.8 Å². The predicted octanol–water partition coefficient (Wildman–Crippen LogP) is -0.0654. The lowest BCUT2D eigenvalue weighted by Gasteiger charge is -2.15. The Morgan fingerprint density at radius 3 is 2.89 bits per heavy atom. The van der Waals surface area contributed by atoms with Crippen molar-refractivity contribution in [3.8, 4) is 0 Å². The topological polar surface area (TPSA) is 96.2 Å². The Kier molecular flexibility index (Phi) is 5.97. The van der Waals surface area contributed by atoms with E-state index in [9.17, 15) is 9.59 Å². The number of aromatic nitrogens is 2. The van der Waals surface area contributed by atoms with Crippen molar-refractivity contribution in [2.75, 3.05) is 18.5 Å². The van der Waals surface area contributed by atoms with Gasteiger partial charge in [-0.15, -0.1) is 0 Å². The van der Waals surface area contributed by atoms with Crippen molar-refractivity contribution in [2.45, 2.75) is 26.4 Å². The Morgan fingerprint density at radius 2 is 2.32 bits per heavy atom. The van der Waals surface area contributed by atoms with E-state index in [1.807, 2.05) is 6.92 Å². The fourth-order valence-electron chi connectivity index (χ4n) is 1.45. The lowest BCUT2D eigenvalue weighted by molar-refractivity contribution is -0.121. The molecule has 1 amide bonds. The summed E-state index contributed by atoms with van der Waals surface area (Å²) in [5.74, 6) is -0.158. The van der Waals surface area contributed by atoms with E-state index >= 15 is 0 Å². The van der Waals surface area contributed by atoms with E-state index in [2.05, 4.69) is 31.7 Å². The number of aliphatic hydroxyl groups excluding tert-OH is 1. The average molecular weight is 333 g/mol. The summed E-state index contributed by atoms with van der Waals surface area (Å²) in [6.07, 6.45) is 1.44. The number of amides is 1. The third-order valence-corrected chi connectivity index (χ3v) is 3.18. The summed E-state index contributed by atoms with van der Waals surface area (Å²) < 4.78 is 1.43. The fourth-order valence-corrected chi connectivity index (χ4v) is 1.87. The van der Waals surface area contributed by atoms with Gasteiger partial charge in [0.15, 0.2) is 0 Å². The van der Waals surface area contributed by atoms with Crippen LogP contribution in [-0.2, 0) is 11.3 Å². The minimum atomic E-state index is -0.480. The first-order chi connectivity index (χ1) is 9.01. The van der Waals surface area contributed by atoms with Crippen LogP contribution in [0.2, 0.25) is 0 Å². The highest BCUT2D eigenvalue weighted by atomic mass is 79.9. The predicted molar refractivity (Wildman–Crippen MR) is 75.1 cm³/mol. The summed E-state index contributed by atoms with van der Waals surface area (Å²) in [4.78, 5) is 23.4. The van der Waals surface area contributed by atoms with E-state index in [1.54, 1.807) is 6.92 Å². The number of rotatable bonds is 6. The van der Waals surface area contributed by atoms with Gasteiger partial charge in [0.25, 0.3) is 5.56 Å². The highest BCUT2D eigenvalue weighted by molar-refractivity contribution is 9.10. The minimum Gasteiger partial charge on any atom is -0.394 e. The van der Waals surface area contributed by atoms with Crippen molar-refractivity contribution >= 4 is 27.5 Å². The van der Waals surface area contributed by atoms with Gasteiger partial charge >= 0.3 is 0 Å². The van der Waals surface area contributed by atoms with E-state index < -0.39 is 6.04 Å². The van der Waals surface area contributed by atoms with Crippen molar-refractivity contribution in [2.24, 2.45) is 0 Å². The second kappa shape index (κ2) is 7.25. The molecule has 0 bridgehead atoms. The van der Waals surface area contributed by atoms with Crippen LogP contribution in [0.15, 0.2) is 15.5 Å². The fraction of sp³-hybridized carbons (Fsp3) is 0.545. The van der Waals surface area contributed by atoms with Gasteiger partial charge in [0, 0.05) is 6.54 Å². The Hall–Kier alpha value is -1.41. The van der Waals surface area contributed by atoms with Gasteiger partial charge in [-0.25, -0.2) is 4.68 Å². The van der Waals surface area contributed by atoms with E-state index in [4.69, 9.17) is 5.11 Å². The lowest BCUT2D eigenvalue weighted by Crippen LogP contribution is -2.38. The molecule has 0 spiro atoms. The van der Waals surface area contributed by atoms with Gasteiger partial charge in [-0.1, -0.05) is 0 Å². The van der Waals surface area contributed by atoms with Crippen molar-refractivity contribution in [3.63, 3.8) is 0 Å². The maximum Gasteiger partial charge on any atom is 0.283 e. The summed E-state index contributed by atoms with van der Waals surface area (Å²) in [7, 11) is 0. The van der Waals surface area contributed by atoms with E-state index in [0.717, 1.165) is 4.68 Å². The molecule has 0 radical (unpaired) electrons. The third-order valence-electron chi connectivity index (χ3n) is 2.41. The molecule has 106 valence electrons. The highest BCUT2D eigenvalue weighted by Crippen LogP contribution is 2.17. The van der Waals surface area contributed by atoms with Crippen molar-refractivity contribution < 1.29 is 9.90 Å². The molecule has 7 nitrogen and oxygen atoms in total. The zero-order valence-corrected chi connectivity index (χ0v) is 12.4. The number of carbonyl (C=O) groups excluding carboxylic acids is 1. The molecular formula is C11H17BrN4O3. The number of nitrogens with zero attached hydrogens (tertiary/aromatic N) is 2. The molecule has 1 aromatic rings. The van der Waals surface area contributed by atoms with Gasteiger partial charge in [-0.3, -0.25) is 9.59 Å². The van der Waals surface area contributed by atoms with Crippen LogP contribution >= 0.6 is 15.9 Å². The summed E-state index contributed by atoms with van der Waals surface area (Å²) in [6, 6.07) is -0.480. The standard InChI is InChI=1S/C11H17BrN4O3/c1-3-13-10(18)7(2)15-8-6-14-16(4-5-17)11(19)9(8)12/h6-7,15,17H,3-5H2,1-2H3,(H,13,18). The number of nitrogens with one attached hydrogen (secondary N) is 2. The van der Waals surface area contributed by atoms with Crippen LogP contribution in [0.4, 0.5) is 5.69 Å². The molecule has 1 atom stereocenters. The third kappa shape index (κ3) is 4.03. The minimum absolute atomic E-state index is 0.129. The number of anilines is 1. The second-order valence-electron chi connectivity index (χ2n) is 3.88. The molecular weight excluding hydrogens is 316 g/mol. The zero-order chi connectivity index (χ0) is 14.4. The lowest BCUT2D eigenvalue weighted by atomic mass is 10.3. The van der Waals surface area contributed by atoms with Crippen molar-refractivity contribution in [1.29, 1.82) is 0 Å². The Balaban J connectivity index is 2.88. The Morgan fingerprint density at radius 1 is 1.63 bits per heavy atom.